The maximum atomic E-state index is 13.0. The van der Waals surface area contributed by atoms with Gasteiger partial charge < -0.3 is 25.3 Å². The monoisotopic (exact) mass is 446 g/mol. The van der Waals surface area contributed by atoms with E-state index in [1.54, 1.807) is 12.1 Å². The standard InChI is InChI=1S/C26H26N2O5/c29-17-22(15-20-11-13-23(30)14-12-20)27-25(31)24(16-19-7-3-1-4-8-19)28-26(32)33-18-21-9-5-2-6-10-21/h1-14,17,22,24,30H,15-16,18H2,(H,27,31)(H,28,32)/t22-,24+/m1/s1. The molecule has 0 heterocycles. The number of rotatable bonds is 10. The third-order valence-corrected chi connectivity index (χ3v) is 4.99. The summed E-state index contributed by atoms with van der Waals surface area (Å²) in [4.78, 5) is 37.0. The molecule has 3 N–H and O–H groups in total. The van der Waals surface area contributed by atoms with Crippen molar-refractivity contribution in [2.45, 2.75) is 31.5 Å². The SMILES string of the molecule is O=C[C@@H](Cc1ccc(O)cc1)NC(=O)[C@H](Cc1ccccc1)NC(=O)OCc1ccccc1. The van der Waals surface area contributed by atoms with E-state index in [0.717, 1.165) is 16.7 Å². The molecular formula is C26H26N2O5. The first kappa shape index (κ1) is 23.5. The van der Waals surface area contributed by atoms with Gasteiger partial charge in [-0.15, -0.1) is 0 Å². The quantitative estimate of drug-likeness (QED) is 0.415. The van der Waals surface area contributed by atoms with Crippen molar-refractivity contribution >= 4 is 18.3 Å². The van der Waals surface area contributed by atoms with Crippen molar-refractivity contribution in [1.29, 1.82) is 0 Å². The zero-order chi connectivity index (χ0) is 23.5. The first-order chi connectivity index (χ1) is 16.0. The van der Waals surface area contributed by atoms with Crippen LogP contribution in [0, 0.1) is 0 Å². The van der Waals surface area contributed by atoms with Crippen LogP contribution < -0.4 is 10.6 Å². The predicted octanol–water partition coefficient (Wildman–Crippen LogP) is 3.16. The van der Waals surface area contributed by atoms with Crippen molar-refractivity contribution in [2.75, 3.05) is 0 Å². The summed E-state index contributed by atoms with van der Waals surface area (Å²) in [6.45, 7) is 0.0736. The summed E-state index contributed by atoms with van der Waals surface area (Å²) in [5, 5.41) is 14.7. The molecule has 0 saturated carbocycles. The molecule has 7 nitrogen and oxygen atoms in total. The van der Waals surface area contributed by atoms with Gasteiger partial charge in [-0.05, 0) is 35.2 Å². The van der Waals surface area contributed by atoms with Gasteiger partial charge in [0.05, 0.1) is 6.04 Å². The highest BCUT2D eigenvalue weighted by Gasteiger charge is 2.24. The molecule has 0 aliphatic heterocycles. The lowest BCUT2D eigenvalue weighted by Gasteiger charge is -2.21. The molecule has 0 aliphatic carbocycles. The minimum Gasteiger partial charge on any atom is -0.508 e. The number of ether oxygens (including phenoxy) is 1. The minimum absolute atomic E-state index is 0.0736. The Morgan fingerprint density at radius 1 is 0.788 bits per heavy atom. The van der Waals surface area contributed by atoms with Crippen LogP contribution in [-0.2, 0) is 33.8 Å². The fraction of sp³-hybridized carbons (Fsp3) is 0.192. The van der Waals surface area contributed by atoms with Gasteiger partial charge in [0.15, 0.2) is 0 Å². The molecular weight excluding hydrogens is 420 g/mol. The Morgan fingerprint density at radius 3 is 1.97 bits per heavy atom. The molecule has 3 aromatic carbocycles. The van der Waals surface area contributed by atoms with Gasteiger partial charge in [-0.1, -0.05) is 72.8 Å². The van der Waals surface area contributed by atoms with Gasteiger partial charge in [-0.3, -0.25) is 4.79 Å². The van der Waals surface area contributed by atoms with Gasteiger partial charge in [0.25, 0.3) is 0 Å². The summed E-state index contributed by atoms with van der Waals surface area (Å²) in [5.41, 5.74) is 2.45. The number of hydrogen-bond donors (Lipinski definition) is 3. The largest absolute Gasteiger partial charge is 0.508 e. The minimum atomic E-state index is -0.932. The highest BCUT2D eigenvalue weighted by Crippen LogP contribution is 2.11. The second-order valence-electron chi connectivity index (χ2n) is 7.57. The van der Waals surface area contributed by atoms with Crippen LogP contribution >= 0.6 is 0 Å². The van der Waals surface area contributed by atoms with E-state index in [2.05, 4.69) is 10.6 Å². The number of carbonyl (C=O) groups is 3. The number of carbonyl (C=O) groups excluding carboxylic acids is 3. The van der Waals surface area contributed by atoms with Crippen LogP contribution in [0.5, 0.6) is 5.75 Å². The molecule has 0 radical (unpaired) electrons. The molecule has 170 valence electrons. The number of benzene rings is 3. The van der Waals surface area contributed by atoms with Crippen LogP contribution in [0.25, 0.3) is 0 Å². The lowest BCUT2D eigenvalue weighted by molar-refractivity contribution is -0.125. The zero-order valence-corrected chi connectivity index (χ0v) is 18.0. The molecule has 0 unspecified atom stereocenters. The zero-order valence-electron chi connectivity index (χ0n) is 18.0. The number of aromatic hydroxyl groups is 1. The van der Waals surface area contributed by atoms with Crippen molar-refractivity contribution < 1.29 is 24.2 Å². The first-order valence-corrected chi connectivity index (χ1v) is 10.6. The summed E-state index contributed by atoms with van der Waals surface area (Å²) < 4.78 is 5.26. The number of alkyl carbamates (subject to hydrolysis) is 1. The van der Waals surface area contributed by atoms with Crippen molar-refractivity contribution in [3.8, 4) is 5.75 Å². The number of amides is 2. The van der Waals surface area contributed by atoms with Crippen LogP contribution in [0.3, 0.4) is 0 Å². The molecule has 33 heavy (non-hydrogen) atoms. The molecule has 0 saturated heterocycles. The molecule has 3 rings (SSSR count). The molecule has 3 aromatic rings. The fourth-order valence-corrected chi connectivity index (χ4v) is 3.27. The van der Waals surface area contributed by atoms with Gasteiger partial charge in [-0.25, -0.2) is 4.79 Å². The number of phenolic OH excluding ortho intramolecular Hbond substituents is 1. The van der Waals surface area contributed by atoms with E-state index in [-0.39, 0.29) is 25.2 Å². The second kappa shape index (κ2) is 12.0. The summed E-state index contributed by atoms with van der Waals surface area (Å²) in [7, 11) is 0. The van der Waals surface area contributed by atoms with Crippen molar-refractivity contribution in [2.24, 2.45) is 0 Å². The highest BCUT2D eigenvalue weighted by molar-refractivity contribution is 5.87. The topological polar surface area (TPSA) is 105 Å². The number of aldehydes is 1. The summed E-state index contributed by atoms with van der Waals surface area (Å²) in [6.07, 6.45) is 0.415. The van der Waals surface area contributed by atoms with Gasteiger partial charge in [-0.2, -0.15) is 0 Å². The Balaban J connectivity index is 1.64. The van der Waals surface area contributed by atoms with Crippen molar-refractivity contribution in [1.82, 2.24) is 10.6 Å². The Kier molecular flexibility index (Phi) is 8.59. The third-order valence-electron chi connectivity index (χ3n) is 4.99. The predicted molar refractivity (Wildman–Crippen MR) is 124 cm³/mol. The summed E-state index contributed by atoms with van der Waals surface area (Å²) in [6, 6.07) is 23.1. The maximum absolute atomic E-state index is 13.0. The van der Waals surface area contributed by atoms with Crippen LogP contribution in [0.2, 0.25) is 0 Å². The highest BCUT2D eigenvalue weighted by atomic mass is 16.5. The lowest BCUT2D eigenvalue weighted by atomic mass is 10.0. The Morgan fingerprint density at radius 2 is 1.36 bits per heavy atom. The van der Waals surface area contributed by atoms with E-state index in [1.165, 1.54) is 12.1 Å². The lowest BCUT2D eigenvalue weighted by Crippen LogP contribution is -2.51. The fourth-order valence-electron chi connectivity index (χ4n) is 3.27. The molecule has 2 atom stereocenters. The smallest absolute Gasteiger partial charge is 0.408 e. The maximum Gasteiger partial charge on any atom is 0.408 e. The van der Waals surface area contributed by atoms with Gasteiger partial charge in [0, 0.05) is 6.42 Å². The van der Waals surface area contributed by atoms with Crippen LogP contribution in [0.1, 0.15) is 16.7 Å². The van der Waals surface area contributed by atoms with Crippen LogP contribution in [0.4, 0.5) is 4.79 Å². The van der Waals surface area contributed by atoms with E-state index in [0.29, 0.717) is 6.29 Å². The molecule has 0 aromatic heterocycles. The van der Waals surface area contributed by atoms with Crippen molar-refractivity contribution in [3.05, 3.63) is 102 Å². The van der Waals surface area contributed by atoms with E-state index in [4.69, 9.17) is 4.74 Å². The molecule has 0 spiro atoms. The second-order valence-corrected chi connectivity index (χ2v) is 7.57. The average molecular weight is 447 g/mol. The van der Waals surface area contributed by atoms with E-state index in [9.17, 15) is 19.5 Å². The van der Waals surface area contributed by atoms with Crippen molar-refractivity contribution in [3.63, 3.8) is 0 Å². The van der Waals surface area contributed by atoms with E-state index in [1.807, 2.05) is 60.7 Å². The average Bonchev–Trinajstić information content (AvgIpc) is 2.84. The first-order valence-electron chi connectivity index (χ1n) is 10.6. The summed E-state index contributed by atoms with van der Waals surface area (Å²) in [5.74, 6) is -0.377. The Bertz CT molecular complexity index is 1040. The molecule has 2 amide bonds. The molecule has 7 heteroatoms. The number of nitrogens with one attached hydrogen (secondary N) is 2. The van der Waals surface area contributed by atoms with Crippen LogP contribution in [-0.4, -0.2) is 35.5 Å². The molecule has 0 aliphatic rings. The van der Waals surface area contributed by atoms with Gasteiger partial charge >= 0.3 is 6.09 Å². The Hall–Kier alpha value is -4.13. The molecule has 0 bridgehead atoms. The van der Waals surface area contributed by atoms with Crippen LogP contribution in [0.15, 0.2) is 84.9 Å². The van der Waals surface area contributed by atoms with E-state index < -0.39 is 24.1 Å². The normalized spacial score (nSPS) is 12.2. The summed E-state index contributed by atoms with van der Waals surface area (Å²) >= 11 is 0. The van der Waals surface area contributed by atoms with Gasteiger partial charge in [0.2, 0.25) is 5.91 Å². The Labute approximate surface area is 192 Å². The van der Waals surface area contributed by atoms with E-state index >= 15 is 0 Å². The third kappa shape index (κ3) is 7.81. The molecule has 0 fully saturated rings. The number of hydrogen-bond acceptors (Lipinski definition) is 5. The van der Waals surface area contributed by atoms with Gasteiger partial charge in [0.1, 0.15) is 24.7 Å². The number of phenols is 1.